The Hall–Kier alpha value is -4.19. The number of hydrogen-bond donors (Lipinski definition) is 0. The van der Waals surface area contributed by atoms with Gasteiger partial charge >= 0.3 is 11.9 Å². The molecule has 0 fully saturated rings. The minimum atomic E-state index is -0.478. The van der Waals surface area contributed by atoms with Gasteiger partial charge in [0.25, 0.3) is 0 Å². The molecule has 0 saturated carbocycles. The van der Waals surface area contributed by atoms with E-state index in [0.29, 0.717) is 39.3 Å². The van der Waals surface area contributed by atoms with Gasteiger partial charge in [0.1, 0.15) is 11.5 Å². The molecule has 0 amide bonds. The van der Waals surface area contributed by atoms with Gasteiger partial charge in [0.15, 0.2) is 5.76 Å². The van der Waals surface area contributed by atoms with Crippen molar-refractivity contribution in [2.75, 3.05) is 7.11 Å². The van der Waals surface area contributed by atoms with E-state index in [-0.39, 0.29) is 11.5 Å². The zero-order chi connectivity index (χ0) is 22.8. The Morgan fingerprint density at radius 3 is 2.31 bits per heavy atom. The number of Topliss-reactive ketones (excluding diaryl/α,β-unsaturated/α-hetero) is 1. The molecule has 1 aliphatic heterocycles. The van der Waals surface area contributed by atoms with Gasteiger partial charge < -0.3 is 14.2 Å². The van der Waals surface area contributed by atoms with E-state index in [2.05, 4.69) is 4.74 Å². The lowest BCUT2D eigenvalue weighted by Gasteiger charge is -2.09. The van der Waals surface area contributed by atoms with Crippen LogP contribution in [0.4, 0.5) is 0 Å². The van der Waals surface area contributed by atoms with E-state index in [1.165, 1.54) is 13.2 Å². The van der Waals surface area contributed by atoms with Crippen molar-refractivity contribution in [2.45, 2.75) is 13.8 Å². The molecular weight excluding hydrogens is 408 g/mol. The van der Waals surface area contributed by atoms with E-state index < -0.39 is 11.9 Å². The minimum Gasteiger partial charge on any atom is -0.465 e. The molecule has 0 N–H and O–H groups in total. The van der Waals surface area contributed by atoms with E-state index in [4.69, 9.17) is 9.47 Å². The Kier molecular flexibility index (Phi) is 5.60. The van der Waals surface area contributed by atoms with Crippen LogP contribution in [-0.2, 0) is 4.74 Å². The molecule has 160 valence electrons. The molecule has 1 aliphatic rings. The molecule has 0 radical (unpaired) electrons. The summed E-state index contributed by atoms with van der Waals surface area (Å²) in [4.78, 5) is 37.0. The first-order chi connectivity index (χ1) is 15.4. The number of esters is 2. The van der Waals surface area contributed by atoms with Crippen molar-refractivity contribution in [3.63, 3.8) is 0 Å². The largest absolute Gasteiger partial charge is 0.465 e. The van der Waals surface area contributed by atoms with Crippen LogP contribution in [-0.4, -0.2) is 24.8 Å². The molecule has 0 atom stereocenters. The van der Waals surface area contributed by atoms with Gasteiger partial charge in [-0.3, -0.25) is 4.79 Å². The Labute approximate surface area is 185 Å². The number of ether oxygens (including phenoxy) is 3. The van der Waals surface area contributed by atoms with Crippen LogP contribution < -0.4 is 9.47 Å². The third-order valence-corrected chi connectivity index (χ3v) is 5.15. The maximum absolute atomic E-state index is 12.9. The Morgan fingerprint density at radius 2 is 1.62 bits per heavy atom. The molecule has 32 heavy (non-hydrogen) atoms. The number of benzene rings is 3. The molecule has 3 aromatic carbocycles. The summed E-state index contributed by atoms with van der Waals surface area (Å²) in [6.45, 7) is 3.60. The van der Waals surface area contributed by atoms with Crippen LogP contribution >= 0.6 is 0 Å². The number of carbonyl (C=O) groups is 3. The molecule has 0 bridgehead atoms. The molecule has 6 heteroatoms. The minimum absolute atomic E-state index is 0.149. The summed E-state index contributed by atoms with van der Waals surface area (Å²) in [5, 5.41) is 0. The van der Waals surface area contributed by atoms with Gasteiger partial charge in [0.2, 0.25) is 5.78 Å². The van der Waals surface area contributed by atoms with Crippen molar-refractivity contribution in [3.05, 3.63) is 99.8 Å². The van der Waals surface area contributed by atoms with Gasteiger partial charge in [0, 0.05) is 6.07 Å². The number of hydrogen-bond acceptors (Lipinski definition) is 6. The molecule has 0 aromatic heterocycles. The SMILES string of the molecule is COC(=O)c1ccc(/C=C2\Oc3cc(OC(=O)c4ccccc4C)cc(C)c3C2=O)cc1. The van der Waals surface area contributed by atoms with Crippen LogP contribution in [0.5, 0.6) is 11.5 Å². The quantitative estimate of drug-likeness (QED) is 0.333. The van der Waals surface area contributed by atoms with Crippen molar-refractivity contribution >= 4 is 23.8 Å². The van der Waals surface area contributed by atoms with Gasteiger partial charge in [-0.15, -0.1) is 0 Å². The van der Waals surface area contributed by atoms with Crippen molar-refractivity contribution in [2.24, 2.45) is 0 Å². The smallest absolute Gasteiger partial charge is 0.343 e. The first-order valence-corrected chi connectivity index (χ1v) is 9.92. The number of allylic oxidation sites excluding steroid dienone is 1. The van der Waals surface area contributed by atoms with E-state index >= 15 is 0 Å². The molecule has 0 saturated heterocycles. The summed E-state index contributed by atoms with van der Waals surface area (Å²) in [5.41, 5.74) is 3.46. The number of methoxy groups -OCH3 is 1. The Balaban J connectivity index is 1.58. The van der Waals surface area contributed by atoms with Crippen molar-refractivity contribution in [1.29, 1.82) is 0 Å². The predicted octanol–water partition coefficient (Wildman–Crippen LogP) is 4.93. The zero-order valence-corrected chi connectivity index (χ0v) is 17.8. The summed E-state index contributed by atoms with van der Waals surface area (Å²) in [5.74, 6) is -0.393. The molecular formula is C26H20O6. The lowest BCUT2D eigenvalue weighted by molar-refractivity contribution is 0.0600. The highest BCUT2D eigenvalue weighted by Gasteiger charge is 2.30. The van der Waals surface area contributed by atoms with Gasteiger partial charge in [-0.1, -0.05) is 30.3 Å². The van der Waals surface area contributed by atoms with Crippen LogP contribution in [0.3, 0.4) is 0 Å². The average Bonchev–Trinajstić information content (AvgIpc) is 3.09. The fourth-order valence-corrected chi connectivity index (χ4v) is 3.48. The van der Waals surface area contributed by atoms with Crippen LogP contribution in [0.25, 0.3) is 6.08 Å². The fraction of sp³-hybridized carbons (Fsp3) is 0.115. The number of aryl methyl sites for hydroxylation is 2. The third kappa shape index (κ3) is 4.03. The summed E-state index contributed by atoms with van der Waals surface area (Å²) in [6, 6.07) is 16.9. The highest BCUT2D eigenvalue weighted by Crippen LogP contribution is 2.37. The molecule has 0 spiro atoms. The normalized spacial score (nSPS) is 13.5. The molecule has 0 unspecified atom stereocenters. The molecule has 3 aromatic rings. The molecule has 6 nitrogen and oxygen atoms in total. The summed E-state index contributed by atoms with van der Waals surface area (Å²) < 4.78 is 16.0. The van der Waals surface area contributed by atoms with E-state index in [1.54, 1.807) is 55.5 Å². The summed E-state index contributed by atoms with van der Waals surface area (Å²) in [6.07, 6.45) is 1.60. The summed E-state index contributed by atoms with van der Waals surface area (Å²) in [7, 11) is 1.31. The third-order valence-electron chi connectivity index (χ3n) is 5.15. The van der Waals surface area contributed by atoms with Gasteiger partial charge in [0.05, 0.1) is 23.8 Å². The van der Waals surface area contributed by atoms with Crippen molar-refractivity contribution in [3.8, 4) is 11.5 Å². The Bertz CT molecular complexity index is 1270. The summed E-state index contributed by atoms with van der Waals surface area (Å²) >= 11 is 0. The van der Waals surface area contributed by atoms with Crippen LogP contribution in [0.2, 0.25) is 0 Å². The zero-order valence-electron chi connectivity index (χ0n) is 17.8. The second-order valence-corrected chi connectivity index (χ2v) is 7.37. The lowest BCUT2D eigenvalue weighted by atomic mass is 10.0. The topological polar surface area (TPSA) is 78.9 Å². The predicted molar refractivity (Wildman–Crippen MR) is 118 cm³/mol. The van der Waals surface area contributed by atoms with Crippen molar-refractivity contribution in [1.82, 2.24) is 0 Å². The number of carbonyl (C=O) groups excluding carboxylic acids is 3. The maximum Gasteiger partial charge on any atom is 0.343 e. The van der Waals surface area contributed by atoms with Crippen molar-refractivity contribution < 1.29 is 28.6 Å². The monoisotopic (exact) mass is 428 g/mol. The maximum atomic E-state index is 12.9. The Morgan fingerprint density at radius 1 is 0.906 bits per heavy atom. The van der Waals surface area contributed by atoms with Gasteiger partial charge in [-0.05, 0) is 60.9 Å². The van der Waals surface area contributed by atoms with E-state index in [9.17, 15) is 14.4 Å². The molecule has 0 aliphatic carbocycles. The second-order valence-electron chi connectivity index (χ2n) is 7.37. The standard InChI is InChI=1S/C26H20O6/c1-15-6-4-5-7-20(15)26(29)31-19-12-16(2)23-21(14-19)32-22(24(23)27)13-17-8-10-18(11-9-17)25(28)30-3/h4-14H,1-3H3/b22-13-. The average molecular weight is 428 g/mol. The van der Waals surface area contributed by atoms with Gasteiger partial charge in [-0.25, -0.2) is 9.59 Å². The molecule has 1 heterocycles. The fourth-order valence-electron chi connectivity index (χ4n) is 3.48. The second kappa shape index (κ2) is 8.51. The number of fused-ring (bicyclic) bond motifs is 1. The lowest BCUT2D eigenvalue weighted by Crippen LogP contribution is -2.10. The highest BCUT2D eigenvalue weighted by molar-refractivity contribution is 6.15. The molecule has 4 rings (SSSR count). The number of ketones is 1. The number of rotatable bonds is 4. The highest BCUT2D eigenvalue weighted by atomic mass is 16.5. The van der Waals surface area contributed by atoms with Crippen LogP contribution in [0, 0.1) is 13.8 Å². The van der Waals surface area contributed by atoms with Crippen LogP contribution in [0.15, 0.2) is 66.4 Å². The first-order valence-electron chi connectivity index (χ1n) is 9.92. The van der Waals surface area contributed by atoms with Crippen LogP contribution in [0.1, 0.15) is 47.8 Å². The van der Waals surface area contributed by atoms with E-state index in [0.717, 1.165) is 5.56 Å². The van der Waals surface area contributed by atoms with Gasteiger partial charge in [-0.2, -0.15) is 0 Å². The van der Waals surface area contributed by atoms with E-state index in [1.807, 2.05) is 19.1 Å². The first kappa shape index (κ1) is 21.1.